The SMILES string of the molecule is CCN(C(=O)CN(C)CCC(C)N)C1CC1. The molecule has 0 aromatic rings. The molecule has 1 aliphatic carbocycles. The van der Waals surface area contributed by atoms with Crippen molar-refractivity contribution in [2.45, 2.75) is 45.2 Å². The maximum Gasteiger partial charge on any atom is 0.236 e. The Balaban J connectivity index is 2.26. The zero-order chi connectivity index (χ0) is 12.1. The van der Waals surface area contributed by atoms with E-state index in [-0.39, 0.29) is 11.9 Å². The fourth-order valence-corrected chi connectivity index (χ4v) is 1.85. The summed E-state index contributed by atoms with van der Waals surface area (Å²) in [6.07, 6.45) is 3.31. The van der Waals surface area contributed by atoms with Gasteiger partial charge in [0, 0.05) is 18.6 Å². The summed E-state index contributed by atoms with van der Waals surface area (Å²) in [5, 5.41) is 0. The highest BCUT2D eigenvalue weighted by Crippen LogP contribution is 2.26. The number of rotatable bonds is 7. The summed E-state index contributed by atoms with van der Waals surface area (Å²) in [6, 6.07) is 0.739. The van der Waals surface area contributed by atoms with Gasteiger partial charge in [-0.3, -0.25) is 9.69 Å². The van der Waals surface area contributed by atoms with Crippen molar-refractivity contribution in [3.8, 4) is 0 Å². The van der Waals surface area contributed by atoms with Gasteiger partial charge >= 0.3 is 0 Å². The molecule has 0 aromatic heterocycles. The average Bonchev–Trinajstić information content (AvgIpc) is 3.00. The van der Waals surface area contributed by atoms with E-state index in [9.17, 15) is 4.79 Å². The van der Waals surface area contributed by atoms with E-state index in [0.717, 1.165) is 19.5 Å². The summed E-state index contributed by atoms with van der Waals surface area (Å²) >= 11 is 0. The van der Waals surface area contributed by atoms with Crippen molar-refractivity contribution in [2.24, 2.45) is 5.73 Å². The Morgan fingerprint density at radius 1 is 1.50 bits per heavy atom. The Kier molecular flexibility index (Phi) is 5.22. The molecule has 1 rings (SSSR count). The number of nitrogens with zero attached hydrogens (tertiary/aromatic N) is 2. The molecule has 1 fully saturated rings. The van der Waals surface area contributed by atoms with E-state index < -0.39 is 0 Å². The number of nitrogens with two attached hydrogens (primary N) is 1. The van der Waals surface area contributed by atoms with E-state index >= 15 is 0 Å². The first-order valence-corrected chi connectivity index (χ1v) is 6.28. The summed E-state index contributed by atoms with van der Waals surface area (Å²) in [5.74, 6) is 0.261. The van der Waals surface area contributed by atoms with Gasteiger partial charge in [0.15, 0.2) is 0 Å². The highest BCUT2D eigenvalue weighted by molar-refractivity contribution is 5.78. The van der Waals surface area contributed by atoms with Gasteiger partial charge in [0.05, 0.1) is 6.54 Å². The van der Waals surface area contributed by atoms with E-state index in [1.807, 2.05) is 18.9 Å². The molecule has 0 radical (unpaired) electrons. The van der Waals surface area contributed by atoms with Crippen LogP contribution >= 0.6 is 0 Å². The number of amides is 1. The van der Waals surface area contributed by atoms with Crippen LogP contribution in [0.3, 0.4) is 0 Å². The van der Waals surface area contributed by atoms with E-state index in [2.05, 4.69) is 11.8 Å². The Morgan fingerprint density at radius 3 is 2.56 bits per heavy atom. The molecular weight excluding hydrogens is 202 g/mol. The van der Waals surface area contributed by atoms with Crippen LogP contribution in [0.2, 0.25) is 0 Å². The lowest BCUT2D eigenvalue weighted by Crippen LogP contribution is -2.41. The minimum Gasteiger partial charge on any atom is -0.339 e. The predicted octanol–water partition coefficient (Wildman–Crippen LogP) is 0.666. The number of hydrogen-bond acceptors (Lipinski definition) is 3. The molecule has 0 saturated heterocycles. The molecule has 0 bridgehead atoms. The summed E-state index contributed by atoms with van der Waals surface area (Å²) in [5.41, 5.74) is 5.69. The minimum atomic E-state index is 0.211. The van der Waals surface area contributed by atoms with Crippen molar-refractivity contribution >= 4 is 5.91 Å². The van der Waals surface area contributed by atoms with Crippen molar-refractivity contribution in [1.29, 1.82) is 0 Å². The van der Waals surface area contributed by atoms with Gasteiger partial charge in [-0.1, -0.05) is 0 Å². The molecule has 0 heterocycles. The lowest BCUT2D eigenvalue weighted by molar-refractivity contribution is -0.132. The van der Waals surface area contributed by atoms with E-state index in [0.29, 0.717) is 12.6 Å². The number of carbonyl (C=O) groups excluding carboxylic acids is 1. The maximum atomic E-state index is 12.0. The number of likely N-dealkylation sites (N-methyl/N-ethyl adjacent to an activating group) is 2. The second kappa shape index (κ2) is 6.21. The quantitative estimate of drug-likeness (QED) is 0.695. The van der Waals surface area contributed by atoms with E-state index in [1.54, 1.807) is 0 Å². The van der Waals surface area contributed by atoms with E-state index in [4.69, 9.17) is 5.73 Å². The largest absolute Gasteiger partial charge is 0.339 e. The van der Waals surface area contributed by atoms with Crippen LogP contribution < -0.4 is 5.73 Å². The molecule has 4 nitrogen and oxygen atoms in total. The first kappa shape index (κ1) is 13.5. The van der Waals surface area contributed by atoms with Gasteiger partial charge in [0.25, 0.3) is 0 Å². The molecule has 16 heavy (non-hydrogen) atoms. The molecule has 1 aliphatic rings. The van der Waals surface area contributed by atoms with E-state index in [1.165, 1.54) is 12.8 Å². The fourth-order valence-electron chi connectivity index (χ4n) is 1.85. The Labute approximate surface area is 98.8 Å². The smallest absolute Gasteiger partial charge is 0.236 e. The zero-order valence-corrected chi connectivity index (χ0v) is 10.8. The molecule has 2 N–H and O–H groups in total. The summed E-state index contributed by atoms with van der Waals surface area (Å²) < 4.78 is 0. The minimum absolute atomic E-state index is 0.211. The molecule has 94 valence electrons. The van der Waals surface area contributed by atoms with Crippen LogP contribution in [-0.4, -0.2) is 54.5 Å². The third-order valence-corrected chi connectivity index (χ3v) is 3.02. The van der Waals surface area contributed by atoms with Crippen LogP contribution in [0.5, 0.6) is 0 Å². The van der Waals surface area contributed by atoms with Crippen molar-refractivity contribution in [3.05, 3.63) is 0 Å². The molecule has 0 aliphatic heterocycles. The maximum absolute atomic E-state index is 12.0. The summed E-state index contributed by atoms with van der Waals surface area (Å²) in [4.78, 5) is 16.0. The van der Waals surface area contributed by atoms with Crippen LogP contribution in [0.4, 0.5) is 0 Å². The highest BCUT2D eigenvalue weighted by Gasteiger charge is 2.31. The Hall–Kier alpha value is -0.610. The molecular formula is C12H25N3O. The third-order valence-electron chi connectivity index (χ3n) is 3.02. The van der Waals surface area contributed by atoms with Crippen LogP contribution in [0.15, 0.2) is 0 Å². The summed E-state index contributed by atoms with van der Waals surface area (Å²) in [7, 11) is 1.99. The van der Waals surface area contributed by atoms with Gasteiger partial charge in [-0.25, -0.2) is 0 Å². The predicted molar refractivity (Wildman–Crippen MR) is 66.2 cm³/mol. The number of carbonyl (C=O) groups is 1. The third kappa shape index (κ3) is 4.49. The van der Waals surface area contributed by atoms with Crippen molar-refractivity contribution < 1.29 is 4.79 Å². The summed E-state index contributed by atoms with van der Waals surface area (Å²) in [6.45, 7) is 6.31. The number of hydrogen-bond donors (Lipinski definition) is 1. The van der Waals surface area contributed by atoms with Gasteiger partial charge in [-0.2, -0.15) is 0 Å². The Morgan fingerprint density at radius 2 is 2.12 bits per heavy atom. The van der Waals surface area contributed by atoms with Crippen molar-refractivity contribution in [1.82, 2.24) is 9.80 Å². The second-order valence-corrected chi connectivity index (χ2v) is 4.91. The van der Waals surface area contributed by atoms with Crippen molar-refractivity contribution in [2.75, 3.05) is 26.7 Å². The molecule has 0 spiro atoms. The highest BCUT2D eigenvalue weighted by atomic mass is 16.2. The van der Waals surface area contributed by atoms with Crippen LogP contribution in [0, 0.1) is 0 Å². The molecule has 0 aromatic carbocycles. The molecule has 4 heteroatoms. The van der Waals surface area contributed by atoms with Gasteiger partial charge in [0.2, 0.25) is 5.91 Å². The molecule has 1 unspecified atom stereocenters. The van der Waals surface area contributed by atoms with Gasteiger partial charge < -0.3 is 10.6 Å². The average molecular weight is 227 g/mol. The molecule has 1 atom stereocenters. The Bertz CT molecular complexity index is 226. The van der Waals surface area contributed by atoms with Crippen LogP contribution in [-0.2, 0) is 4.79 Å². The lowest BCUT2D eigenvalue weighted by atomic mass is 10.2. The van der Waals surface area contributed by atoms with Gasteiger partial charge in [0.1, 0.15) is 0 Å². The monoisotopic (exact) mass is 227 g/mol. The normalized spacial score (nSPS) is 17.6. The standard InChI is InChI=1S/C12H25N3O/c1-4-15(11-5-6-11)12(16)9-14(3)8-7-10(2)13/h10-11H,4-9,13H2,1-3H3. The van der Waals surface area contributed by atoms with Gasteiger partial charge in [-0.15, -0.1) is 0 Å². The topological polar surface area (TPSA) is 49.6 Å². The first-order valence-electron chi connectivity index (χ1n) is 6.28. The van der Waals surface area contributed by atoms with Crippen molar-refractivity contribution in [3.63, 3.8) is 0 Å². The van der Waals surface area contributed by atoms with Gasteiger partial charge in [-0.05, 0) is 46.7 Å². The van der Waals surface area contributed by atoms with Crippen LogP contribution in [0.1, 0.15) is 33.1 Å². The molecule has 1 saturated carbocycles. The zero-order valence-electron chi connectivity index (χ0n) is 10.8. The first-order chi connectivity index (χ1) is 7.54. The molecule has 1 amide bonds. The lowest BCUT2D eigenvalue weighted by Gasteiger charge is -2.24. The second-order valence-electron chi connectivity index (χ2n) is 4.91. The van der Waals surface area contributed by atoms with Crippen LogP contribution in [0.25, 0.3) is 0 Å². The fraction of sp³-hybridized carbons (Fsp3) is 0.917.